The van der Waals surface area contributed by atoms with Crippen LogP contribution in [0, 0.1) is 41.5 Å². The maximum Gasteiger partial charge on any atom is 0.0710 e. The highest BCUT2D eigenvalue weighted by molar-refractivity contribution is 5.69. The number of aryl methyl sites for hydroxylation is 8. The van der Waals surface area contributed by atoms with Gasteiger partial charge in [0, 0.05) is 22.5 Å². The minimum atomic E-state index is 1.05. The smallest absolute Gasteiger partial charge is 0.0710 e. The van der Waals surface area contributed by atoms with Gasteiger partial charge in [-0.1, -0.05) is 66.8 Å². The van der Waals surface area contributed by atoms with E-state index in [1.165, 1.54) is 88.0 Å². The van der Waals surface area contributed by atoms with Crippen LogP contribution in [-0.2, 0) is 12.8 Å². The van der Waals surface area contributed by atoms with Crippen LogP contribution < -0.4 is 0 Å². The topological polar surface area (TPSA) is 25.8 Å². The molecule has 0 amide bonds. The first-order valence-corrected chi connectivity index (χ1v) is 13.9. The van der Waals surface area contributed by atoms with E-state index in [1.807, 2.05) is 0 Å². The molecule has 2 nitrogen and oxygen atoms in total. The van der Waals surface area contributed by atoms with Gasteiger partial charge in [0.1, 0.15) is 0 Å². The van der Waals surface area contributed by atoms with Gasteiger partial charge in [-0.3, -0.25) is 9.97 Å². The van der Waals surface area contributed by atoms with E-state index in [1.54, 1.807) is 0 Å². The summed E-state index contributed by atoms with van der Waals surface area (Å²) in [6.07, 6.45) is 8.27. The first-order chi connectivity index (χ1) is 17.8. The second kappa shape index (κ2) is 12.3. The van der Waals surface area contributed by atoms with Crippen LogP contribution in [0.25, 0.3) is 22.5 Å². The molecule has 0 aliphatic carbocycles. The second-order valence-electron chi connectivity index (χ2n) is 10.8. The Morgan fingerprint density at radius 1 is 0.459 bits per heavy atom. The molecule has 192 valence electrons. The zero-order valence-corrected chi connectivity index (χ0v) is 23.6. The number of unbranched alkanes of at least 4 members (excludes halogenated alkanes) is 4. The lowest BCUT2D eigenvalue weighted by Gasteiger charge is -2.12. The monoisotopic (exact) mass is 490 g/mol. The van der Waals surface area contributed by atoms with E-state index in [0.29, 0.717) is 0 Å². The van der Waals surface area contributed by atoms with Crippen LogP contribution in [0.4, 0.5) is 0 Å². The summed E-state index contributed by atoms with van der Waals surface area (Å²) in [6.45, 7) is 13.1. The van der Waals surface area contributed by atoms with Gasteiger partial charge in [0.25, 0.3) is 0 Å². The third-order valence-electron chi connectivity index (χ3n) is 7.35. The number of hydrogen-bond donors (Lipinski definition) is 0. The molecule has 2 heteroatoms. The van der Waals surface area contributed by atoms with Crippen molar-refractivity contribution in [1.29, 1.82) is 0 Å². The first-order valence-electron chi connectivity index (χ1n) is 13.9. The molecule has 2 aromatic heterocycles. The molecular formula is C35H42N2. The largest absolute Gasteiger partial charge is 0.253 e. The fraction of sp³-hybridized carbons (Fsp3) is 0.371. The van der Waals surface area contributed by atoms with Gasteiger partial charge < -0.3 is 0 Å². The molecule has 0 saturated carbocycles. The molecule has 0 saturated heterocycles. The lowest BCUT2D eigenvalue weighted by atomic mass is 9.96. The average Bonchev–Trinajstić information content (AvgIpc) is 2.83. The van der Waals surface area contributed by atoms with Gasteiger partial charge in [-0.25, -0.2) is 0 Å². The predicted octanol–water partition coefficient (Wildman–Crippen LogP) is 9.40. The van der Waals surface area contributed by atoms with E-state index in [9.17, 15) is 0 Å². The summed E-state index contributed by atoms with van der Waals surface area (Å²) in [7, 11) is 0. The zero-order chi connectivity index (χ0) is 26.4. The Bertz CT molecular complexity index is 1210. The summed E-state index contributed by atoms with van der Waals surface area (Å²) in [5, 5.41) is 0. The summed E-state index contributed by atoms with van der Waals surface area (Å²) in [6, 6.07) is 22.0. The van der Waals surface area contributed by atoms with Gasteiger partial charge in [-0.2, -0.15) is 0 Å². The molecule has 0 N–H and O–H groups in total. The van der Waals surface area contributed by atoms with E-state index in [4.69, 9.17) is 9.97 Å². The molecule has 2 aromatic carbocycles. The fourth-order valence-corrected chi connectivity index (χ4v) is 5.83. The zero-order valence-electron chi connectivity index (χ0n) is 23.6. The third-order valence-corrected chi connectivity index (χ3v) is 7.35. The molecule has 4 rings (SSSR count). The molecule has 0 radical (unpaired) electrons. The number of nitrogens with zero attached hydrogens (tertiary/aromatic N) is 2. The number of pyridine rings is 2. The van der Waals surface area contributed by atoms with E-state index in [2.05, 4.69) is 102 Å². The molecular weight excluding hydrogens is 448 g/mol. The lowest BCUT2D eigenvalue weighted by Crippen LogP contribution is -1.97. The van der Waals surface area contributed by atoms with E-state index in [-0.39, 0.29) is 0 Å². The summed E-state index contributed by atoms with van der Waals surface area (Å²) in [4.78, 5) is 10.0. The first kappa shape index (κ1) is 26.8. The van der Waals surface area contributed by atoms with Crippen LogP contribution in [0.15, 0.2) is 60.7 Å². The SMILES string of the molecule is Cc1cc(C)c(-c2cccc(CCCCCCCc3cccc(-c4c(C)cc(C)cc4C)n3)n2)c(C)c1. The van der Waals surface area contributed by atoms with Gasteiger partial charge in [0.2, 0.25) is 0 Å². The van der Waals surface area contributed by atoms with Crippen molar-refractivity contribution < 1.29 is 0 Å². The van der Waals surface area contributed by atoms with Crippen molar-refractivity contribution in [3.05, 3.63) is 105 Å². The Labute approximate surface area is 224 Å². The molecule has 37 heavy (non-hydrogen) atoms. The standard InChI is InChI=1S/C35H42N2/c1-24-20-26(3)34(27(4)21-24)32-18-12-16-30(36-32)14-10-8-7-9-11-15-31-17-13-19-33(37-31)35-28(5)22-25(2)23-29(35)6/h12-13,16-23H,7-11,14-15H2,1-6H3. The lowest BCUT2D eigenvalue weighted by molar-refractivity contribution is 0.608. The van der Waals surface area contributed by atoms with Gasteiger partial charge in [0.05, 0.1) is 11.4 Å². The van der Waals surface area contributed by atoms with Crippen LogP contribution in [0.1, 0.15) is 76.9 Å². The van der Waals surface area contributed by atoms with Gasteiger partial charge >= 0.3 is 0 Å². The number of hydrogen-bond acceptors (Lipinski definition) is 2. The number of benzene rings is 2. The Morgan fingerprint density at radius 2 is 0.811 bits per heavy atom. The number of aromatic nitrogens is 2. The van der Waals surface area contributed by atoms with Crippen LogP contribution >= 0.6 is 0 Å². The van der Waals surface area contributed by atoms with Crippen molar-refractivity contribution in [3.63, 3.8) is 0 Å². The summed E-state index contributed by atoms with van der Waals surface area (Å²) in [5.74, 6) is 0. The highest BCUT2D eigenvalue weighted by atomic mass is 14.7. The predicted molar refractivity (Wildman–Crippen MR) is 158 cm³/mol. The molecule has 2 heterocycles. The van der Waals surface area contributed by atoms with Gasteiger partial charge in [0.15, 0.2) is 0 Å². The molecule has 0 unspecified atom stereocenters. The molecule has 4 aromatic rings. The Morgan fingerprint density at radius 3 is 1.19 bits per heavy atom. The van der Waals surface area contributed by atoms with Crippen LogP contribution in [0.3, 0.4) is 0 Å². The fourth-order valence-electron chi connectivity index (χ4n) is 5.83. The maximum atomic E-state index is 5.01. The van der Waals surface area contributed by atoms with Crippen molar-refractivity contribution in [2.45, 2.75) is 86.5 Å². The minimum absolute atomic E-state index is 1.05. The normalized spacial score (nSPS) is 11.2. The van der Waals surface area contributed by atoms with Gasteiger partial charge in [-0.05, 0) is 114 Å². The minimum Gasteiger partial charge on any atom is -0.253 e. The molecule has 0 spiro atoms. The molecule has 0 bridgehead atoms. The maximum absolute atomic E-state index is 5.01. The van der Waals surface area contributed by atoms with Crippen LogP contribution in [-0.4, -0.2) is 9.97 Å². The van der Waals surface area contributed by atoms with Crippen molar-refractivity contribution in [2.75, 3.05) is 0 Å². The van der Waals surface area contributed by atoms with Crippen molar-refractivity contribution in [1.82, 2.24) is 9.97 Å². The molecule has 0 aliphatic heterocycles. The average molecular weight is 491 g/mol. The number of rotatable bonds is 10. The van der Waals surface area contributed by atoms with Crippen LogP contribution in [0.2, 0.25) is 0 Å². The Hall–Kier alpha value is -3.26. The molecule has 0 fully saturated rings. The highest BCUT2D eigenvalue weighted by Crippen LogP contribution is 2.28. The quantitative estimate of drug-likeness (QED) is 0.207. The summed E-state index contributed by atoms with van der Waals surface area (Å²) < 4.78 is 0. The third kappa shape index (κ3) is 6.95. The van der Waals surface area contributed by atoms with E-state index < -0.39 is 0 Å². The van der Waals surface area contributed by atoms with E-state index >= 15 is 0 Å². The summed E-state index contributed by atoms with van der Waals surface area (Å²) >= 11 is 0. The van der Waals surface area contributed by atoms with Crippen molar-refractivity contribution in [3.8, 4) is 22.5 Å². The molecule has 0 atom stereocenters. The Kier molecular flexibility index (Phi) is 8.92. The summed E-state index contributed by atoms with van der Waals surface area (Å²) in [5.41, 5.74) is 15.1. The van der Waals surface area contributed by atoms with E-state index in [0.717, 1.165) is 24.2 Å². The van der Waals surface area contributed by atoms with Crippen LogP contribution in [0.5, 0.6) is 0 Å². The molecule has 0 aliphatic rings. The van der Waals surface area contributed by atoms with Crippen molar-refractivity contribution in [2.24, 2.45) is 0 Å². The highest BCUT2D eigenvalue weighted by Gasteiger charge is 2.10. The van der Waals surface area contributed by atoms with Crippen molar-refractivity contribution >= 4 is 0 Å². The Balaban J connectivity index is 1.24. The second-order valence-corrected chi connectivity index (χ2v) is 10.8. The van der Waals surface area contributed by atoms with Gasteiger partial charge in [-0.15, -0.1) is 0 Å².